The molecule has 0 unspecified atom stereocenters. The normalized spacial score (nSPS) is 11.3. The van der Waals surface area contributed by atoms with Crippen molar-refractivity contribution < 1.29 is 8.42 Å². The average Bonchev–Trinajstić information content (AvgIpc) is 2.96. The molecule has 0 N–H and O–H groups in total. The number of aromatic nitrogens is 3. The van der Waals surface area contributed by atoms with Gasteiger partial charge in [0.15, 0.2) is 0 Å². The van der Waals surface area contributed by atoms with E-state index in [1.165, 1.54) is 4.57 Å². The summed E-state index contributed by atoms with van der Waals surface area (Å²) in [6, 6.07) is 11.2. The van der Waals surface area contributed by atoms with Crippen LogP contribution in [-0.4, -0.2) is 28.8 Å². The predicted octanol–water partition coefficient (Wildman–Crippen LogP) is 1.67. The number of hydrogen-bond donors (Lipinski definition) is 0. The molecule has 0 amide bonds. The molecule has 6 nitrogen and oxygen atoms in total. The third-order valence-electron chi connectivity index (χ3n) is 3.78. The van der Waals surface area contributed by atoms with E-state index < -0.39 is 9.84 Å². The summed E-state index contributed by atoms with van der Waals surface area (Å²) in [4.78, 5) is 17.1. The average molecular weight is 355 g/mol. The fourth-order valence-electron chi connectivity index (χ4n) is 2.65. The lowest BCUT2D eigenvalue weighted by Gasteiger charge is -2.07. The highest BCUT2D eigenvalue weighted by molar-refractivity contribution is 7.90. The third kappa shape index (κ3) is 3.35. The van der Waals surface area contributed by atoms with Crippen LogP contribution in [0.1, 0.15) is 12.5 Å². The Morgan fingerprint density at radius 1 is 1.16 bits per heavy atom. The van der Waals surface area contributed by atoms with Crippen LogP contribution in [0, 0.1) is 11.8 Å². The predicted molar refractivity (Wildman–Crippen MR) is 96.1 cm³/mol. The molecular weight excluding hydrogens is 338 g/mol. The summed E-state index contributed by atoms with van der Waals surface area (Å²) >= 11 is 0. The van der Waals surface area contributed by atoms with Gasteiger partial charge in [-0.15, -0.1) is 5.92 Å². The Hall–Kier alpha value is -2.85. The van der Waals surface area contributed by atoms with Crippen molar-refractivity contribution in [2.24, 2.45) is 0 Å². The van der Waals surface area contributed by atoms with Crippen molar-refractivity contribution >= 4 is 20.9 Å². The highest BCUT2D eigenvalue weighted by Gasteiger charge is 2.21. The molecule has 2 aromatic heterocycles. The van der Waals surface area contributed by atoms with Crippen LogP contribution in [0.2, 0.25) is 0 Å². The van der Waals surface area contributed by atoms with Gasteiger partial charge in [-0.1, -0.05) is 36.3 Å². The lowest BCUT2D eigenvalue weighted by Crippen LogP contribution is -2.22. The lowest BCUT2D eigenvalue weighted by molar-refractivity contribution is 0.583. The van der Waals surface area contributed by atoms with Gasteiger partial charge in [0.05, 0.1) is 18.6 Å². The van der Waals surface area contributed by atoms with Gasteiger partial charge in [0.25, 0.3) is 5.56 Å². The second-order valence-electron chi connectivity index (χ2n) is 5.65. The smallest absolute Gasteiger partial charge is 0.277 e. The SMILES string of the molecule is CC#CCn1c(S(C)(=O)=O)nc2ccn(Cc3ccccc3)c(=O)c21. The summed E-state index contributed by atoms with van der Waals surface area (Å²) in [7, 11) is -3.58. The van der Waals surface area contributed by atoms with Gasteiger partial charge in [-0.25, -0.2) is 13.4 Å². The minimum absolute atomic E-state index is 0.0972. The van der Waals surface area contributed by atoms with Crippen molar-refractivity contribution in [1.29, 1.82) is 0 Å². The molecule has 0 spiro atoms. The Labute approximate surface area is 145 Å². The van der Waals surface area contributed by atoms with Crippen molar-refractivity contribution in [2.75, 3.05) is 6.26 Å². The Balaban J connectivity index is 2.22. The quantitative estimate of drug-likeness (QED) is 0.667. The van der Waals surface area contributed by atoms with E-state index in [0.717, 1.165) is 11.8 Å². The molecule has 3 aromatic rings. The van der Waals surface area contributed by atoms with Gasteiger partial charge in [0.1, 0.15) is 5.52 Å². The molecule has 0 saturated heterocycles. The number of benzene rings is 1. The minimum atomic E-state index is -3.58. The Morgan fingerprint density at radius 3 is 2.52 bits per heavy atom. The summed E-state index contributed by atoms with van der Waals surface area (Å²) < 4.78 is 27.0. The molecule has 0 atom stereocenters. The molecule has 0 aliphatic heterocycles. The van der Waals surface area contributed by atoms with E-state index in [1.54, 1.807) is 23.8 Å². The van der Waals surface area contributed by atoms with Crippen LogP contribution < -0.4 is 5.56 Å². The maximum Gasteiger partial charge on any atom is 0.277 e. The number of fused-ring (bicyclic) bond motifs is 1. The van der Waals surface area contributed by atoms with E-state index in [4.69, 9.17) is 0 Å². The summed E-state index contributed by atoms with van der Waals surface area (Å²) in [6.07, 6.45) is 2.71. The zero-order valence-corrected chi connectivity index (χ0v) is 14.7. The first-order valence-electron chi connectivity index (χ1n) is 7.65. The molecule has 7 heteroatoms. The van der Waals surface area contributed by atoms with Gasteiger partial charge in [-0.05, 0) is 18.6 Å². The van der Waals surface area contributed by atoms with Crippen LogP contribution in [-0.2, 0) is 22.9 Å². The van der Waals surface area contributed by atoms with Crippen molar-refractivity contribution in [3.8, 4) is 11.8 Å². The van der Waals surface area contributed by atoms with Crippen LogP contribution in [0.15, 0.2) is 52.5 Å². The number of imidazole rings is 1. The maximum atomic E-state index is 12.9. The van der Waals surface area contributed by atoms with E-state index in [1.807, 2.05) is 30.3 Å². The molecule has 0 bridgehead atoms. The highest BCUT2D eigenvalue weighted by Crippen LogP contribution is 2.17. The lowest BCUT2D eigenvalue weighted by atomic mass is 10.2. The zero-order valence-electron chi connectivity index (χ0n) is 13.9. The summed E-state index contributed by atoms with van der Waals surface area (Å²) in [5, 5.41) is -0.139. The van der Waals surface area contributed by atoms with Crippen LogP contribution in [0.5, 0.6) is 0 Å². The van der Waals surface area contributed by atoms with Gasteiger partial charge in [-0.3, -0.25) is 9.36 Å². The molecule has 0 aliphatic carbocycles. The Bertz CT molecular complexity index is 1150. The number of pyridine rings is 1. The fourth-order valence-corrected chi connectivity index (χ4v) is 3.47. The van der Waals surface area contributed by atoms with Crippen LogP contribution in [0.4, 0.5) is 0 Å². The maximum absolute atomic E-state index is 12.9. The fraction of sp³-hybridized carbons (Fsp3) is 0.222. The molecule has 128 valence electrons. The van der Waals surface area contributed by atoms with Crippen LogP contribution in [0.25, 0.3) is 11.0 Å². The van der Waals surface area contributed by atoms with Gasteiger partial charge in [-0.2, -0.15) is 0 Å². The van der Waals surface area contributed by atoms with E-state index in [2.05, 4.69) is 16.8 Å². The van der Waals surface area contributed by atoms with E-state index in [0.29, 0.717) is 12.1 Å². The Kier molecular flexibility index (Phi) is 4.47. The molecule has 3 rings (SSSR count). The monoisotopic (exact) mass is 355 g/mol. The molecule has 2 heterocycles. The summed E-state index contributed by atoms with van der Waals surface area (Å²) in [5.74, 6) is 5.53. The van der Waals surface area contributed by atoms with Gasteiger partial charge in [0, 0.05) is 12.5 Å². The van der Waals surface area contributed by atoms with Gasteiger partial charge in [0.2, 0.25) is 15.0 Å². The van der Waals surface area contributed by atoms with Crippen molar-refractivity contribution in [1.82, 2.24) is 14.1 Å². The van der Waals surface area contributed by atoms with Gasteiger partial charge < -0.3 is 4.57 Å². The third-order valence-corrected chi connectivity index (χ3v) is 4.75. The number of nitrogens with zero attached hydrogens (tertiary/aromatic N) is 3. The molecular formula is C18H17N3O3S. The van der Waals surface area contributed by atoms with Crippen LogP contribution >= 0.6 is 0 Å². The van der Waals surface area contributed by atoms with E-state index in [-0.39, 0.29) is 22.8 Å². The largest absolute Gasteiger partial charge is 0.309 e. The van der Waals surface area contributed by atoms with Crippen molar-refractivity contribution in [2.45, 2.75) is 25.2 Å². The number of sulfone groups is 1. The summed E-state index contributed by atoms with van der Waals surface area (Å²) in [5.41, 5.74) is 1.29. The van der Waals surface area contributed by atoms with E-state index in [9.17, 15) is 13.2 Å². The van der Waals surface area contributed by atoms with Crippen LogP contribution in [0.3, 0.4) is 0 Å². The molecule has 1 aromatic carbocycles. The molecule has 25 heavy (non-hydrogen) atoms. The highest BCUT2D eigenvalue weighted by atomic mass is 32.2. The molecule has 0 radical (unpaired) electrons. The topological polar surface area (TPSA) is 74.0 Å². The molecule has 0 aliphatic rings. The first-order valence-corrected chi connectivity index (χ1v) is 9.54. The summed E-state index contributed by atoms with van der Waals surface area (Å²) in [6.45, 7) is 2.15. The number of hydrogen-bond acceptors (Lipinski definition) is 4. The standard InChI is InChI=1S/C18H17N3O3S/c1-3-4-11-21-16-15(19-18(21)25(2,23)24)10-12-20(17(16)22)13-14-8-6-5-7-9-14/h5-10,12H,11,13H2,1-2H3. The van der Waals surface area contributed by atoms with Crippen molar-refractivity contribution in [3.05, 3.63) is 58.5 Å². The second-order valence-corrected chi connectivity index (χ2v) is 7.56. The second kappa shape index (κ2) is 6.57. The van der Waals surface area contributed by atoms with E-state index >= 15 is 0 Å². The number of rotatable bonds is 4. The Morgan fingerprint density at radius 2 is 1.88 bits per heavy atom. The first kappa shape index (κ1) is 17.0. The minimum Gasteiger partial charge on any atom is -0.309 e. The van der Waals surface area contributed by atoms with Crippen molar-refractivity contribution in [3.63, 3.8) is 0 Å². The van der Waals surface area contributed by atoms with Gasteiger partial charge >= 0.3 is 0 Å². The molecule has 0 fully saturated rings. The zero-order chi connectivity index (χ0) is 18.0. The first-order chi connectivity index (χ1) is 11.9. The molecule has 0 saturated carbocycles.